The molecule has 0 aromatic heterocycles. The number of carbonyl (C=O) groups is 2. The van der Waals surface area contributed by atoms with Crippen LogP contribution in [0.3, 0.4) is 0 Å². The lowest BCUT2D eigenvalue weighted by molar-refractivity contribution is -0.130. The molecular weight excluding hydrogens is 340 g/mol. The van der Waals surface area contributed by atoms with E-state index in [4.69, 9.17) is 4.74 Å². The van der Waals surface area contributed by atoms with Crippen LogP contribution < -0.4 is 9.64 Å². The lowest BCUT2D eigenvalue weighted by Gasteiger charge is -2.24. The molecule has 2 saturated heterocycles. The van der Waals surface area contributed by atoms with Crippen LogP contribution in [-0.2, 0) is 16.0 Å². The van der Waals surface area contributed by atoms with Gasteiger partial charge in [-0.25, -0.2) is 0 Å². The van der Waals surface area contributed by atoms with Crippen molar-refractivity contribution in [2.24, 2.45) is 5.41 Å². The summed E-state index contributed by atoms with van der Waals surface area (Å²) in [6, 6.07) is 17.4. The molecule has 0 N–H and O–H groups in total. The molecule has 0 bridgehead atoms. The number of hydrogen-bond acceptors (Lipinski definition) is 3. The Kier molecular flexibility index (Phi) is 4.60. The minimum absolute atomic E-state index is 0.126. The van der Waals surface area contributed by atoms with Gasteiger partial charge in [0.1, 0.15) is 5.75 Å². The number of methoxy groups -OCH3 is 1. The van der Waals surface area contributed by atoms with E-state index >= 15 is 0 Å². The van der Waals surface area contributed by atoms with Crippen molar-refractivity contribution in [3.05, 3.63) is 60.2 Å². The van der Waals surface area contributed by atoms with Gasteiger partial charge in [-0.05, 0) is 24.1 Å². The Hall–Kier alpha value is -2.82. The van der Waals surface area contributed by atoms with Crippen LogP contribution in [0.15, 0.2) is 54.6 Å². The van der Waals surface area contributed by atoms with Crippen molar-refractivity contribution >= 4 is 17.5 Å². The SMILES string of the molecule is COc1cccc(N2C[C@@]3(CCN(C(=O)Cc4ccccc4)C3)CC2=O)c1. The number of ether oxygens (including phenoxy) is 1. The van der Waals surface area contributed by atoms with E-state index in [0.717, 1.165) is 30.0 Å². The Morgan fingerprint density at radius 2 is 1.93 bits per heavy atom. The van der Waals surface area contributed by atoms with Crippen LogP contribution in [0.25, 0.3) is 0 Å². The fourth-order valence-electron chi connectivity index (χ4n) is 4.21. The van der Waals surface area contributed by atoms with Crippen LogP contribution >= 0.6 is 0 Å². The van der Waals surface area contributed by atoms with Gasteiger partial charge >= 0.3 is 0 Å². The summed E-state index contributed by atoms with van der Waals surface area (Å²) in [6.45, 7) is 2.05. The molecule has 5 nitrogen and oxygen atoms in total. The maximum atomic E-state index is 12.7. The number of carbonyl (C=O) groups excluding carboxylic acids is 2. The summed E-state index contributed by atoms with van der Waals surface area (Å²) in [5.41, 5.74) is 1.77. The van der Waals surface area contributed by atoms with Crippen molar-refractivity contribution in [3.63, 3.8) is 0 Å². The van der Waals surface area contributed by atoms with E-state index in [1.807, 2.05) is 64.4 Å². The zero-order valence-electron chi connectivity index (χ0n) is 15.6. The van der Waals surface area contributed by atoms with E-state index < -0.39 is 0 Å². The largest absolute Gasteiger partial charge is 0.497 e. The maximum Gasteiger partial charge on any atom is 0.227 e. The summed E-state index contributed by atoms with van der Waals surface area (Å²) in [7, 11) is 1.62. The number of amides is 2. The van der Waals surface area contributed by atoms with Crippen molar-refractivity contribution in [2.75, 3.05) is 31.6 Å². The predicted octanol–water partition coefficient (Wildman–Crippen LogP) is 2.89. The van der Waals surface area contributed by atoms with E-state index in [-0.39, 0.29) is 17.2 Å². The molecule has 0 unspecified atom stereocenters. The molecule has 5 heteroatoms. The molecule has 0 saturated carbocycles. The average molecular weight is 364 g/mol. The third kappa shape index (κ3) is 3.54. The molecule has 0 radical (unpaired) electrons. The third-order valence-corrected chi connectivity index (χ3v) is 5.68. The fraction of sp³-hybridized carbons (Fsp3) is 0.364. The number of benzene rings is 2. The van der Waals surface area contributed by atoms with Gasteiger partial charge in [-0.2, -0.15) is 0 Å². The first-order valence-electron chi connectivity index (χ1n) is 9.35. The smallest absolute Gasteiger partial charge is 0.227 e. The molecular formula is C22H24N2O3. The minimum Gasteiger partial charge on any atom is -0.497 e. The summed E-state index contributed by atoms with van der Waals surface area (Å²) in [5, 5.41) is 0. The van der Waals surface area contributed by atoms with Crippen molar-refractivity contribution in [3.8, 4) is 5.75 Å². The van der Waals surface area contributed by atoms with E-state index in [2.05, 4.69) is 0 Å². The summed E-state index contributed by atoms with van der Waals surface area (Å²) in [4.78, 5) is 29.1. The second-order valence-corrected chi connectivity index (χ2v) is 7.59. The highest BCUT2D eigenvalue weighted by Crippen LogP contribution is 2.42. The van der Waals surface area contributed by atoms with Crippen LogP contribution in [-0.4, -0.2) is 43.5 Å². The average Bonchev–Trinajstić information content (AvgIpc) is 3.25. The van der Waals surface area contributed by atoms with Gasteiger partial charge in [0.05, 0.1) is 13.5 Å². The van der Waals surface area contributed by atoms with E-state index in [1.54, 1.807) is 7.11 Å². The minimum atomic E-state index is -0.132. The molecule has 2 amide bonds. The van der Waals surface area contributed by atoms with Gasteiger partial charge < -0.3 is 14.5 Å². The molecule has 2 heterocycles. The highest BCUT2D eigenvalue weighted by Gasteiger charge is 2.48. The lowest BCUT2D eigenvalue weighted by atomic mass is 9.86. The van der Waals surface area contributed by atoms with E-state index in [0.29, 0.717) is 25.9 Å². The molecule has 140 valence electrons. The molecule has 2 aromatic rings. The van der Waals surface area contributed by atoms with Crippen molar-refractivity contribution in [1.82, 2.24) is 4.90 Å². The van der Waals surface area contributed by atoms with Crippen molar-refractivity contribution in [1.29, 1.82) is 0 Å². The third-order valence-electron chi connectivity index (χ3n) is 5.68. The molecule has 2 aromatic carbocycles. The second kappa shape index (κ2) is 7.06. The Morgan fingerprint density at radius 1 is 1.11 bits per heavy atom. The number of hydrogen-bond donors (Lipinski definition) is 0. The van der Waals surface area contributed by atoms with Gasteiger partial charge in [-0.1, -0.05) is 36.4 Å². The molecule has 1 spiro atoms. The lowest BCUT2D eigenvalue weighted by Crippen LogP contribution is -2.34. The van der Waals surface area contributed by atoms with E-state index in [1.165, 1.54) is 0 Å². The summed E-state index contributed by atoms with van der Waals surface area (Å²) in [6.07, 6.45) is 1.80. The quantitative estimate of drug-likeness (QED) is 0.838. The highest BCUT2D eigenvalue weighted by molar-refractivity contribution is 5.96. The van der Waals surface area contributed by atoms with Gasteiger partial charge in [0.2, 0.25) is 11.8 Å². The molecule has 0 aliphatic carbocycles. The Morgan fingerprint density at radius 3 is 2.70 bits per heavy atom. The highest BCUT2D eigenvalue weighted by atomic mass is 16.5. The first-order valence-corrected chi connectivity index (χ1v) is 9.35. The van der Waals surface area contributed by atoms with Gasteiger partial charge in [-0.3, -0.25) is 9.59 Å². The van der Waals surface area contributed by atoms with Crippen LogP contribution in [0.5, 0.6) is 5.75 Å². The monoisotopic (exact) mass is 364 g/mol. The number of nitrogens with zero attached hydrogens (tertiary/aromatic N) is 2. The van der Waals surface area contributed by atoms with E-state index in [9.17, 15) is 9.59 Å². The number of anilines is 1. The molecule has 27 heavy (non-hydrogen) atoms. The Bertz CT molecular complexity index is 852. The molecule has 2 aliphatic rings. The molecule has 2 fully saturated rings. The van der Waals surface area contributed by atoms with Crippen LogP contribution in [0.4, 0.5) is 5.69 Å². The van der Waals surface area contributed by atoms with Gasteiger partial charge in [0.15, 0.2) is 0 Å². The zero-order chi connectivity index (χ0) is 18.9. The number of likely N-dealkylation sites (tertiary alicyclic amines) is 1. The molecule has 4 rings (SSSR count). The fourth-order valence-corrected chi connectivity index (χ4v) is 4.21. The summed E-state index contributed by atoms with van der Waals surface area (Å²) >= 11 is 0. The summed E-state index contributed by atoms with van der Waals surface area (Å²) < 4.78 is 5.28. The molecule has 1 atom stereocenters. The van der Waals surface area contributed by atoms with Crippen LogP contribution in [0.1, 0.15) is 18.4 Å². The van der Waals surface area contributed by atoms with Gasteiger partial charge in [-0.15, -0.1) is 0 Å². The maximum absolute atomic E-state index is 12.7. The van der Waals surface area contributed by atoms with Gasteiger partial charge in [0, 0.05) is 43.2 Å². The van der Waals surface area contributed by atoms with Crippen LogP contribution in [0, 0.1) is 5.41 Å². The first-order chi connectivity index (χ1) is 13.1. The van der Waals surface area contributed by atoms with Crippen molar-refractivity contribution in [2.45, 2.75) is 19.3 Å². The Balaban J connectivity index is 1.44. The summed E-state index contributed by atoms with van der Waals surface area (Å²) in [5.74, 6) is 1.01. The predicted molar refractivity (Wildman–Crippen MR) is 104 cm³/mol. The topological polar surface area (TPSA) is 49.9 Å². The second-order valence-electron chi connectivity index (χ2n) is 7.59. The normalized spacial score (nSPS) is 21.9. The zero-order valence-corrected chi connectivity index (χ0v) is 15.6. The van der Waals surface area contributed by atoms with Crippen molar-refractivity contribution < 1.29 is 14.3 Å². The standard InChI is InChI=1S/C22H24N2O3/c1-27-19-9-5-8-18(13-19)24-16-22(14-21(24)26)10-11-23(15-22)20(25)12-17-6-3-2-4-7-17/h2-9,13H,10-12,14-16H2,1H3/t22-/m0/s1. The Labute approximate surface area is 159 Å². The van der Waals surface area contributed by atoms with Gasteiger partial charge in [0.25, 0.3) is 0 Å². The van der Waals surface area contributed by atoms with Crippen LogP contribution in [0.2, 0.25) is 0 Å². The first kappa shape index (κ1) is 17.6. The molecule has 2 aliphatic heterocycles. The number of rotatable bonds is 4.